The Bertz CT molecular complexity index is 967. The number of aromatic nitrogens is 3. The fourth-order valence-corrected chi connectivity index (χ4v) is 3.10. The molecule has 8 heteroatoms. The van der Waals surface area contributed by atoms with E-state index in [9.17, 15) is 14.0 Å². The number of carbonyl (C=O) groups is 1. The number of pyridine rings is 1. The van der Waals surface area contributed by atoms with Gasteiger partial charge in [0.25, 0.3) is 5.56 Å². The SMILES string of the molecule is CCNC(=O)Cn1cc(-c2nnc(-c3cccc(F)c3)s2)ccc1=O. The molecule has 0 fully saturated rings. The van der Waals surface area contributed by atoms with E-state index in [-0.39, 0.29) is 23.8 Å². The Morgan fingerprint density at radius 2 is 1.96 bits per heavy atom. The third-order valence-electron chi connectivity index (χ3n) is 3.41. The highest BCUT2D eigenvalue weighted by molar-refractivity contribution is 7.17. The van der Waals surface area contributed by atoms with E-state index in [1.165, 1.54) is 34.1 Å². The van der Waals surface area contributed by atoms with Crippen molar-refractivity contribution in [3.8, 4) is 21.1 Å². The quantitative estimate of drug-likeness (QED) is 0.759. The molecule has 0 spiro atoms. The van der Waals surface area contributed by atoms with Gasteiger partial charge in [-0.05, 0) is 25.1 Å². The van der Waals surface area contributed by atoms with Gasteiger partial charge in [0.05, 0.1) is 0 Å². The first-order chi connectivity index (χ1) is 12.1. The lowest BCUT2D eigenvalue weighted by Crippen LogP contribution is -2.31. The molecule has 25 heavy (non-hydrogen) atoms. The molecule has 0 saturated heterocycles. The first kappa shape index (κ1) is 17.0. The van der Waals surface area contributed by atoms with Crippen molar-refractivity contribution in [1.82, 2.24) is 20.1 Å². The minimum absolute atomic E-state index is 0.0595. The van der Waals surface area contributed by atoms with E-state index in [1.54, 1.807) is 24.4 Å². The maximum absolute atomic E-state index is 13.3. The predicted molar refractivity (Wildman–Crippen MR) is 93.7 cm³/mol. The fourth-order valence-electron chi connectivity index (χ4n) is 2.27. The summed E-state index contributed by atoms with van der Waals surface area (Å²) in [6.45, 7) is 2.25. The minimum Gasteiger partial charge on any atom is -0.355 e. The molecule has 3 aromatic rings. The molecule has 1 N–H and O–H groups in total. The third-order valence-corrected chi connectivity index (χ3v) is 4.44. The highest BCUT2D eigenvalue weighted by Crippen LogP contribution is 2.29. The molecule has 0 radical (unpaired) electrons. The number of hydrogen-bond donors (Lipinski definition) is 1. The van der Waals surface area contributed by atoms with Crippen molar-refractivity contribution in [1.29, 1.82) is 0 Å². The van der Waals surface area contributed by atoms with E-state index in [4.69, 9.17) is 0 Å². The highest BCUT2D eigenvalue weighted by Gasteiger charge is 2.11. The molecule has 3 rings (SSSR count). The van der Waals surface area contributed by atoms with Crippen molar-refractivity contribution in [3.63, 3.8) is 0 Å². The average Bonchev–Trinajstić information content (AvgIpc) is 3.07. The molecule has 0 aliphatic heterocycles. The Morgan fingerprint density at radius 1 is 1.20 bits per heavy atom. The van der Waals surface area contributed by atoms with Crippen LogP contribution in [0.5, 0.6) is 0 Å². The first-order valence-electron chi connectivity index (χ1n) is 7.64. The van der Waals surface area contributed by atoms with Crippen LogP contribution in [-0.2, 0) is 11.3 Å². The van der Waals surface area contributed by atoms with Crippen molar-refractivity contribution in [2.45, 2.75) is 13.5 Å². The number of nitrogens with one attached hydrogen (secondary N) is 1. The van der Waals surface area contributed by atoms with Gasteiger partial charge < -0.3 is 9.88 Å². The maximum atomic E-state index is 13.3. The van der Waals surface area contributed by atoms with Crippen LogP contribution in [-0.4, -0.2) is 27.2 Å². The summed E-state index contributed by atoms with van der Waals surface area (Å²) >= 11 is 1.29. The van der Waals surface area contributed by atoms with Crippen molar-refractivity contribution in [2.24, 2.45) is 0 Å². The molecular formula is C17H15FN4O2S. The van der Waals surface area contributed by atoms with Gasteiger partial charge in [0.1, 0.15) is 22.4 Å². The highest BCUT2D eigenvalue weighted by atomic mass is 32.1. The van der Waals surface area contributed by atoms with E-state index in [0.717, 1.165) is 0 Å². The number of rotatable bonds is 5. The van der Waals surface area contributed by atoms with E-state index >= 15 is 0 Å². The zero-order chi connectivity index (χ0) is 17.8. The normalized spacial score (nSPS) is 10.6. The van der Waals surface area contributed by atoms with Crippen molar-refractivity contribution < 1.29 is 9.18 Å². The van der Waals surface area contributed by atoms with Gasteiger partial charge in [0, 0.05) is 29.9 Å². The lowest BCUT2D eigenvalue weighted by Gasteiger charge is -2.06. The summed E-state index contributed by atoms with van der Waals surface area (Å²) in [4.78, 5) is 23.6. The molecule has 0 aliphatic rings. The largest absolute Gasteiger partial charge is 0.355 e. The number of carbonyl (C=O) groups excluding carboxylic acids is 1. The van der Waals surface area contributed by atoms with Crippen LogP contribution in [0.2, 0.25) is 0 Å². The van der Waals surface area contributed by atoms with Gasteiger partial charge >= 0.3 is 0 Å². The lowest BCUT2D eigenvalue weighted by atomic mass is 10.2. The minimum atomic E-state index is -0.343. The van der Waals surface area contributed by atoms with Crippen LogP contribution in [0, 0.1) is 5.82 Å². The maximum Gasteiger partial charge on any atom is 0.251 e. The third kappa shape index (κ3) is 3.97. The molecule has 2 aromatic heterocycles. The standard InChI is InChI=1S/C17H15FN4O2S/c1-2-19-14(23)10-22-9-12(6-7-15(22)24)17-21-20-16(25-17)11-4-3-5-13(18)8-11/h3-9H,2,10H2,1H3,(H,19,23). The predicted octanol–water partition coefficient (Wildman–Crippen LogP) is 2.31. The summed E-state index contributed by atoms with van der Waals surface area (Å²) in [7, 11) is 0. The van der Waals surface area contributed by atoms with Gasteiger partial charge in [-0.25, -0.2) is 4.39 Å². The Labute approximate surface area is 147 Å². The molecule has 0 atom stereocenters. The van der Waals surface area contributed by atoms with Gasteiger partial charge in [-0.15, -0.1) is 10.2 Å². The molecule has 2 heterocycles. The summed E-state index contributed by atoms with van der Waals surface area (Å²) in [5.41, 5.74) is 1.04. The van der Waals surface area contributed by atoms with Crippen molar-refractivity contribution >= 4 is 17.2 Å². The van der Waals surface area contributed by atoms with Gasteiger partial charge in [-0.1, -0.05) is 23.5 Å². The number of nitrogens with zero attached hydrogens (tertiary/aromatic N) is 3. The second-order valence-corrected chi connectivity index (χ2v) is 6.24. The van der Waals surface area contributed by atoms with E-state index in [0.29, 0.717) is 27.7 Å². The molecule has 1 amide bonds. The molecule has 0 bridgehead atoms. The molecule has 0 unspecified atom stereocenters. The van der Waals surface area contributed by atoms with Crippen LogP contribution in [0.25, 0.3) is 21.1 Å². The Hall–Kier alpha value is -2.87. The molecular weight excluding hydrogens is 343 g/mol. The van der Waals surface area contributed by atoms with Crippen LogP contribution in [0.1, 0.15) is 6.92 Å². The number of halogens is 1. The van der Waals surface area contributed by atoms with E-state index < -0.39 is 0 Å². The van der Waals surface area contributed by atoms with E-state index in [2.05, 4.69) is 15.5 Å². The monoisotopic (exact) mass is 358 g/mol. The fraction of sp³-hybridized carbons (Fsp3) is 0.176. The number of hydrogen-bond acceptors (Lipinski definition) is 5. The van der Waals surface area contributed by atoms with Crippen LogP contribution in [0.4, 0.5) is 4.39 Å². The van der Waals surface area contributed by atoms with Gasteiger partial charge in [0.15, 0.2) is 0 Å². The van der Waals surface area contributed by atoms with Gasteiger partial charge in [0.2, 0.25) is 5.91 Å². The summed E-state index contributed by atoms with van der Waals surface area (Å²) < 4.78 is 14.7. The van der Waals surface area contributed by atoms with Crippen LogP contribution in [0.3, 0.4) is 0 Å². The number of benzene rings is 1. The second kappa shape index (κ2) is 7.35. The zero-order valence-electron chi connectivity index (χ0n) is 13.4. The van der Waals surface area contributed by atoms with Crippen molar-refractivity contribution in [2.75, 3.05) is 6.54 Å². The molecule has 6 nitrogen and oxygen atoms in total. The van der Waals surface area contributed by atoms with Crippen LogP contribution in [0.15, 0.2) is 47.4 Å². The summed E-state index contributed by atoms with van der Waals surface area (Å²) in [6.07, 6.45) is 1.58. The smallest absolute Gasteiger partial charge is 0.251 e. The van der Waals surface area contributed by atoms with Crippen LogP contribution >= 0.6 is 11.3 Å². The number of likely N-dealkylation sites (N-methyl/N-ethyl adjacent to an activating group) is 1. The summed E-state index contributed by atoms with van der Waals surface area (Å²) in [6, 6.07) is 9.13. The van der Waals surface area contributed by atoms with Crippen molar-refractivity contribution in [3.05, 3.63) is 58.8 Å². The summed E-state index contributed by atoms with van der Waals surface area (Å²) in [5.74, 6) is -0.579. The molecule has 1 aromatic carbocycles. The second-order valence-electron chi connectivity index (χ2n) is 5.26. The Balaban J connectivity index is 1.90. The van der Waals surface area contributed by atoms with Gasteiger partial charge in [-0.3, -0.25) is 9.59 Å². The van der Waals surface area contributed by atoms with Gasteiger partial charge in [-0.2, -0.15) is 0 Å². The zero-order valence-corrected chi connectivity index (χ0v) is 14.2. The molecule has 0 aliphatic carbocycles. The molecule has 128 valence electrons. The van der Waals surface area contributed by atoms with E-state index in [1.807, 2.05) is 6.92 Å². The summed E-state index contributed by atoms with van der Waals surface area (Å²) in [5, 5.41) is 12.0. The number of amides is 1. The first-order valence-corrected chi connectivity index (χ1v) is 8.45. The topological polar surface area (TPSA) is 76.9 Å². The molecule has 0 saturated carbocycles. The Morgan fingerprint density at radius 3 is 2.68 bits per heavy atom. The Kier molecular flexibility index (Phi) is 4.99. The average molecular weight is 358 g/mol. The van der Waals surface area contributed by atoms with Crippen LogP contribution < -0.4 is 10.9 Å². The lowest BCUT2D eigenvalue weighted by molar-refractivity contribution is -0.121.